The SMILES string of the molecule is CCOC(=O)C(=C1OCCCO1)c1cc(-c2ccc([N+](=O)[O-])cc2)nc2ccc(C)cc12. The number of pyridine rings is 1. The summed E-state index contributed by atoms with van der Waals surface area (Å²) in [5, 5.41) is 11.8. The molecule has 0 spiro atoms. The fourth-order valence-corrected chi connectivity index (χ4v) is 3.53. The maximum atomic E-state index is 13.0. The van der Waals surface area contributed by atoms with Gasteiger partial charge in [0.25, 0.3) is 11.6 Å². The Morgan fingerprint density at radius 3 is 2.50 bits per heavy atom. The molecular weight excluding hydrogens is 412 g/mol. The molecule has 1 saturated heterocycles. The second-order valence-corrected chi connectivity index (χ2v) is 7.31. The molecule has 3 aromatic rings. The van der Waals surface area contributed by atoms with Gasteiger partial charge in [0.2, 0.25) is 0 Å². The quantitative estimate of drug-likeness (QED) is 0.246. The van der Waals surface area contributed by atoms with E-state index in [1.165, 1.54) is 12.1 Å². The van der Waals surface area contributed by atoms with Crippen molar-refractivity contribution >= 4 is 28.1 Å². The molecule has 32 heavy (non-hydrogen) atoms. The first-order chi connectivity index (χ1) is 15.5. The Labute approximate surface area is 184 Å². The standard InChI is InChI=1S/C24H22N2O6/c1-3-30-23(27)22(24-31-11-4-12-32-24)19-14-21(16-6-8-17(9-7-16)26(28)29)25-20-10-5-15(2)13-18(19)20/h5-10,13-14H,3-4,11-12H2,1-2H3. The maximum Gasteiger partial charge on any atom is 0.346 e. The van der Waals surface area contributed by atoms with Crippen LogP contribution >= 0.6 is 0 Å². The number of carbonyl (C=O) groups excluding carboxylic acids is 1. The fourth-order valence-electron chi connectivity index (χ4n) is 3.53. The van der Waals surface area contributed by atoms with Gasteiger partial charge in [0, 0.05) is 35.1 Å². The van der Waals surface area contributed by atoms with E-state index in [9.17, 15) is 14.9 Å². The first-order valence-corrected chi connectivity index (χ1v) is 10.3. The third-order valence-electron chi connectivity index (χ3n) is 5.05. The second kappa shape index (κ2) is 9.05. The van der Waals surface area contributed by atoms with Gasteiger partial charge in [0.05, 0.1) is 36.0 Å². The van der Waals surface area contributed by atoms with Crippen molar-refractivity contribution in [1.82, 2.24) is 4.98 Å². The summed E-state index contributed by atoms with van der Waals surface area (Å²) in [5.74, 6) is -0.411. The first-order valence-electron chi connectivity index (χ1n) is 10.3. The third kappa shape index (κ3) is 4.25. The highest BCUT2D eigenvalue weighted by Gasteiger charge is 2.27. The lowest BCUT2D eigenvalue weighted by atomic mass is 9.97. The molecule has 8 nitrogen and oxygen atoms in total. The van der Waals surface area contributed by atoms with Crippen LogP contribution in [-0.2, 0) is 19.0 Å². The number of esters is 1. The summed E-state index contributed by atoms with van der Waals surface area (Å²) in [7, 11) is 0. The molecule has 0 radical (unpaired) electrons. The molecule has 1 aliphatic rings. The molecule has 0 saturated carbocycles. The van der Waals surface area contributed by atoms with Crippen LogP contribution < -0.4 is 0 Å². The molecule has 1 aromatic heterocycles. The Bertz CT molecular complexity index is 1210. The number of aromatic nitrogens is 1. The predicted octanol–water partition coefficient (Wildman–Crippen LogP) is 4.79. The Balaban J connectivity index is 1.96. The van der Waals surface area contributed by atoms with Crippen LogP contribution in [0.15, 0.2) is 54.5 Å². The number of hydrogen-bond donors (Lipinski definition) is 0. The summed E-state index contributed by atoms with van der Waals surface area (Å²) >= 11 is 0. The minimum atomic E-state index is -0.548. The van der Waals surface area contributed by atoms with E-state index in [1.807, 2.05) is 25.1 Å². The molecule has 2 aromatic carbocycles. The highest BCUT2D eigenvalue weighted by Crippen LogP contribution is 2.34. The molecule has 0 amide bonds. The van der Waals surface area contributed by atoms with Crippen LogP contribution in [0.4, 0.5) is 5.69 Å². The summed E-state index contributed by atoms with van der Waals surface area (Å²) in [6.07, 6.45) is 0.726. The van der Waals surface area contributed by atoms with E-state index in [1.54, 1.807) is 25.1 Å². The van der Waals surface area contributed by atoms with Gasteiger partial charge in [-0.05, 0) is 44.2 Å². The van der Waals surface area contributed by atoms with Gasteiger partial charge >= 0.3 is 5.97 Å². The molecule has 4 rings (SSSR count). The van der Waals surface area contributed by atoms with Gasteiger partial charge < -0.3 is 14.2 Å². The van der Waals surface area contributed by atoms with E-state index < -0.39 is 10.9 Å². The Kier molecular flexibility index (Phi) is 6.02. The Hall–Kier alpha value is -3.94. The van der Waals surface area contributed by atoms with Crippen LogP contribution in [-0.4, -0.2) is 35.7 Å². The van der Waals surface area contributed by atoms with Crippen LogP contribution in [0.5, 0.6) is 0 Å². The number of nitrogens with zero attached hydrogens (tertiary/aromatic N) is 2. The van der Waals surface area contributed by atoms with Crippen molar-refractivity contribution in [3.8, 4) is 11.3 Å². The number of rotatable bonds is 5. The van der Waals surface area contributed by atoms with Gasteiger partial charge in [0.15, 0.2) is 0 Å². The van der Waals surface area contributed by atoms with Gasteiger partial charge in [-0.2, -0.15) is 0 Å². The van der Waals surface area contributed by atoms with Gasteiger partial charge in [-0.25, -0.2) is 9.78 Å². The molecular formula is C24H22N2O6. The Morgan fingerprint density at radius 1 is 1.12 bits per heavy atom. The number of hydrogen-bond acceptors (Lipinski definition) is 7. The third-order valence-corrected chi connectivity index (χ3v) is 5.05. The van der Waals surface area contributed by atoms with Crippen LogP contribution in [0.3, 0.4) is 0 Å². The van der Waals surface area contributed by atoms with Crippen molar-refractivity contribution in [3.63, 3.8) is 0 Å². The minimum absolute atomic E-state index is 0.0104. The lowest BCUT2D eigenvalue weighted by Gasteiger charge is -2.21. The van der Waals surface area contributed by atoms with E-state index in [2.05, 4.69) is 0 Å². The van der Waals surface area contributed by atoms with E-state index in [4.69, 9.17) is 19.2 Å². The van der Waals surface area contributed by atoms with Gasteiger partial charge in [0.1, 0.15) is 5.57 Å². The summed E-state index contributed by atoms with van der Waals surface area (Å²) < 4.78 is 16.7. The molecule has 8 heteroatoms. The maximum absolute atomic E-state index is 13.0. The molecule has 0 aliphatic carbocycles. The number of ether oxygens (including phenoxy) is 3. The van der Waals surface area contributed by atoms with E-state index in [-0.39, 0.29) is 23.8 Å². The van der Waals surface area contributed by atoms with Crippen molar-refractivity contribution in [2.24, 2.45) is 0 Å². The number of nitro benzene ring substituents is 1. The average molecular weight is 434 g/mol. The van der Waals surface area contributed by atoms with Gasteiger partial charge in [-0.15, -0.1) is 0 Å². The molecule has 0 bridgehead atoms. The van der Waals surface area contributed by atoms with E-state index in [0.717, 1.165) is 17.4 Å². The zero-order valence-electron chi connectivity index (χ0n) is 17.8. The summed E-state index contributed by atoms with van der Waals surface area (Å²) in [6, 6.07) is 13.6. The van der Waals surface area contributed by atoms with Crippen LogP contribution in [0.25, 0.3) is 27.7 Å². The minimum Gasteiger partial charge on any atom is -0.465 e. The molecule has 0 unspecified atom stereocenters. The number of non-ortho nitro benzene ring substituents is 1. The van der Waals surface area contributed by atoms with Crippen LogP contribution in [0.2, 0.25) is 0 Å². The molecule has 1 fully saturated rings. The molecule has 2 heterocycles. The van der Waals surface area contributed by atoms with Crippen molar-refractivity contribution in [3.05, 3.63) is 75.7 Å². The zero-order chi connectivity index (χ0) is 22.7. The highest BCUT2D eigenvalue weighted by atomic mass is 16.7. The second-order valence-electron chi connectivity index (χ2n) is 7.31. The average Bonchev–Trinajstić information content (AvgIpc) is 2.80. The molecule has 0 N–H and O–H groups in total. The van der Waals surface area contributed by atoms with Crippen molar-refractivity contribution in [2.75, 3.05) is 19.8 Å². The summed E-state index contributed by atoms with van der Waals surface area (Å²) in [6.45, 7) is 4.77. The highest BCUT2D eigenvalue weighted by molar-refractivity contribution is 6.20. The van der Waals surface area contributed by atoms with Gasteiger partial charge in [-0.3, -0.25) is 10.1 Å². The van der Waals surface area contributed by atoms with Gasteiger partial charge in [-0.1, -0.05) is 11.6 Å². The number of carbonyl (C=O) groups is 1. The van der Waals surface area contributed by atoms with E-state index in [0.29, 0.717) is 35.6 Å². The molecule has 0 atom stereocenters. The number of nitro groups is 1. The first kappa shape index (κ1) is 21.3. The zero-order valence-corrected chi connectivity index (χ0v) is 17.8. The number of fused-ring (bicyclic) bond motifs is 1. The smallest absolute Gasteiger partial charge is 0.346 e. The van der Waals surface area contributed by atoms with Crippen LogP contribution in [0.1, 0.15) is 24.5 Å². The van der Waals surface area contributed by atoms with Crippen molar-refractivity contribution in [1.29, 1.82) is 0 Å². The topological polar surface area (TPSA) is 101 Å². The molecule has 1 aliphatic heterocycles. The number of benzene rings is 2. The lowest BCUT2D eigenvalue weighted by molar-refractivity contribution is -0.384. The largest absolute Gasteiger partial charge is 0.465 e. The summed E-state index contributed by atoms with van der Waals surface area (Å²) in [5.41, 5.74) is 3.67. The van der Waals surface area contributed by atoms with Crippen molar-refractivity contribution < 1.29 is 23.9 Å². The number of aryl methyl sites for hydroxylation is 1. The van der Waals surface area contributed by atoms with E-state index >= 15 is 0 Å². The monoisotopic (exact) mass is 434 g/mol. The lowest BCUT2D eigenvalue weighted by Crippen LogP contribution is -2.17. The summed E-state index contributed by atoms with van der Waals surface area (Å²) in [4.78, 5) is 28.3. The molecule has 164 valence electrons. The van der Waals surface area contributed by atoms with Crippen molar-refractivity contribution in [2.45, 2.75) is 20.3 Å². The fraction of sp³-hybridized carbons (Fsp3) is 0.250. The Morgan fingerprint density at radius 2 is 1.84 bits per heavy atom. The van der Waals surface area contributed by atoms with Crippen LogP contribution in [0, 0.1) is 17.0 Å². The predicted molar refractivity (Wildman–Crippen MR) is 119 cm³/mol. The normalized spacial score (nSPS) is 13.2.